The van der Waals surface area contributed by atoms with E-state index < -0.39 is 22.5 Å². The van der Waals surface area contributed by atoms with Gasteiger partial charge in [-0.2, -0.15) is 5.10 Å². The van der Waals surface area contributed by atoms with Crippen molar-refractivity contribution in [2.24, 2.45) is 5.10 Å². The third-order valence-electron chi connectivity index (χ3n) is 6.49. The average molecular weight is 498 g/mol. The number of carbonyl (C=O) groups excluding carboxylic acids is 1. The lowest BCUT2D eigenvalue weighted by atomic mass is 10.0. The van der Waals surface area contributed by atoms with E-state index in [1.165, 1.54) is 16.5 Å². The van der Waals surface area contributed by atoms with Crippen molar-refractivity contribution >= 4 is 38.6 Å². The molecule has 0 saturated heterocycles. The van der Waals surface area contributed by atoms with E-state index in [1.807, 2.05) is 32.0 Å². The predicted octanol–water partition coefficient (Wildman–Crippen LogP) is 4.90. The van der Waals surface area contributed by atoms with Gasteiger partial charge in [0.15, 0.2) is 0 Å². The lowest BCUT2D eigenvalue weighted by molar-refractivity contribution is -0.119. The topological polar surface area (TPSA) is 78.8 Å². The Labute approximate surface area is 211 Å². The Morgan fingerprint density at radius 3 is 2.39 bits per heavy atom. The zero-order chi connectivity index (χ0) is 25.3. The number of hydrogen-bond donors (Lipinski definition) is 1. The van der Waals surface area contributed by atoms with Gasteiger partial charge in [-0.05, 0) is 78.4 Å². The van der Waals surface area contributed by atoms with Crippen LogP contribution in [0, 0.1) is 13.8 Å². The van der Waals surface area contributed by atoms with E-state index in [-0.39, 0.29) is 4.90 Å². The Balaban J connectivity index is 1.39. The van der Waals surface area contributed by atoms with Gasteiger partial charge in [0.1, 0.15) is 6.54 Å². The zero-order valence-electron chi connectivity index (χ0n) is 20.2. The number of sulfonamides is 1. The average Bonchev–Trinajstić information content (AvgIpc) is 3.29. The van der Waals surface area contributed by atoms with Crippen molar-refractivity contribution in [3.8, 4) is 0 Å². The van der Waals surface area contributed by atoms with Gasteiger partial charge in [-0.3, -0.25) is 9.10 Å². The predicted molar refractivity (Wildman–Crippen MR) is 144 cm³/mol. The highest BCUT2D eigenvalue weighted by Crippen LogP contribution is 2.32. The first-order valence-corrected chi connectivity index (χ1v) is 13.3. The van der Waals surface area contributed by atoms with E-state index in [0.29, 0.717) is 5.69 Å². The Morgan fingerprint density at radius 1 is 0.917 bits per heavy atom. The molecule has 1 amide bonds. The third kappa shape index (κ3) is 4.62. The van der Waals surface area contributed by atoms with E-state index in [9.17, 15) is 13.2 Å². The van der Waals surface area contributed by atoms with Crippen molar-refractivity contribution in [3.05, 3.63) is 107 Å². The molecule has 0 aromatic heterocycles. The quantitative estimate of drug-likeness (QED) is 0.291. The second kappa shape index (κ2) is 9.59. The van der Waals surface area contributed by atoms with Gasteiger partial charge in [-0.25, -0.2) is 13.8 Å². The van der Waals surface area contributed by atoms with Gasteiger partial charge < -0.3 is 0 Å². The molecule has 4 aromatic rings. The van der Waals surface area contributed by atoms with Gasteiger partial charge in [-0.15, -0.1) is 0 Å². The molecular weight excluding hydrogens is 470 g/mol. The molecular formula is C29H27N3O3S. The molecule has 36 heavy (non-hydrogen) atoms. The summed E-state index contributed by atoms with van der Waals surface area (Å²) in [7, 11) is -3.97. The van der Waals surface area contributed by atoms with Crippen molar-refractivity contribution in [2.75, 3.05) is 10.8 Å². The monoisotopic (exact) mass is 497 g/mol. The second-order valence-electron chi connectivity index (χ2n) is 9.11. The molecule has 0 atom stereocenters. The fourth-order valence-corrected chi connectivity index (χ4v) is 6.07. The number of amides is 1. The standard InChI is InChI=1S/C29H27N3O3S/c1-20-9-15-26(16-10-20)36(34,35)32(25-7-3-5-21(2)17-25)19-28(33)31-30-18-24-14-13-23-12-11-22-6-4-8-27(24)29(22)23/h3-10,13-18H,11-12,19H2,1-2H3,(H,31,33)/b30-18+. The summed E-state index contributed by atoms with van der Waals surface area (Å²) in [4.78, 5) is 13.0. The third-order valence-corrected chi connectivity index (χ3v) is 8.28. The van der Waals surface area contributed by atoms with E-state index in [1.54, 1.807) is 48.7 Å². The number of nitrogens with zero attached hydrogens (tertiary/aromatic N) is 2. The van der Waals surface area contributed by atoms with Crippen molar-refractivity contribution in [1.29, 1.82) is 0 Å². The van der Waals surface area contributed by atoms with Gasteiger partial charge in [0.05, 0.1) is 16.8 Å². The van der Waals surface area contributed by atoms with Gasteiger partial charge in [0, 0.05) is 5.56 Å². The summed E-state index contributed by atoms with van der Waals surface area (Å²) < 4.78 is 28.1. The molecule has 1 aliphatic carbocycles. The summed E-state index contributed by atoms with van der Waals surface area (Å²) in [5.41, 5.74) is 8.34. The van der Waals surface area contributed by atoms with Crippen LogP contribution in [0.5, 0.6) is 0 Å². The van der Waals surface area contributed by atoms with Gasteiger partial charge >= 0.3 is 0 Å². The number of benzene rings is 4. The van der Waals surface area contributed by atoms with Crippen molar-refractivity contribution in [3.63, 3.8) is 0 Å². The maximum absolute atomic E-state index is 13.5. The molecule has 0 saturated carbocycles. The van der Waals surface area contributed by atoms with Gasteiger partial charge in [0.2, 0.25) is 0 Å². The van der Waals surface area contributed by atoms with Crippen molar-refractivity contribution in [1.82, 2.24) is 5.43 Å². The molecule has 4 aromatic carbocycles. The largest absolute Gasteiger partial charge is 0.271 e. The van der Waals surface area contributed by atoms with Crippen LogP contribution in [0.25, 0.3) is 10.8 Å². The molecule has 0 fully saturated rings. The molecule has 1 aliphatic rings. The van der Waals surface area contributed by atoms with Crippen LogP contribution in [0.1, 0.15) is 27.8 Å². The minimum atomic E-state index is -3.97. The summed E-state index contributed by atoms with van der Waals surface area (Å²) in [6, 6.07) is 24.0. The van der Waals surface area contributed by atoms with Crippen LogP contribution < -0.4 is 9.73 Å². The molecule has 0 unspecified atom stereocenters. The van der Waals surface area contributed by atoms with Gasteiger partial charge in [-0.1, -0.05) is 60.2 Å². The first-order chi connectivity index (χ1) is 17.3. The van der Waals surface area contributed by atoms with Crippen molar-refractivity contribution < 1.29 is 13.2 Å². The summed E-state index contributed by atoms with van der Waals surface area (Å²) in [6.07, 6.45) is 3.69. The molecule has 6 nitrogen and oxygen atoms in total. The number of aryl methyl sites for hydroxylation is 4. The van der Waals surface area contributed by atoms with Crippen LogP contribution >= 0.6 is 0 Å². The Hall–Kier alpha value is -3.97. The molecule has 0 radical (unpaired) electrons. The number of hydrogen-bond acceptors (Lipinski definition) is 4. The van der Waals surface area contributed by atoms with E-state index in [4.69, 9.17) is 0 Å². The maximum Gasteiger partial charge on any atom is 0.264 e. The first kappa shape index (κ1) is 23.8. The van der Waals surface area contributed by atoms with Crippen LogP contribution in [0.2, 0.25) is 0 Å². The minimum absolute atomic E-state index is 0.124. The molecule has 1 N–H and O–H groups in total. The van der Waals surface area contributed by atoms with Crippen LogP contribution in [0.4, 0.5) is 5.69 Å². The molecule has 7 heteroatoms. The summed E-state index contributed by atoms with van der Waals surface area (Å²) in [5.74, 6) is -0.533. The lowest BCUT2D eigenvalue weighted by Crippen LogP contribution is -2.39. The fourth-order valence-electron chi connectivity index (χ4n) is 4.66. The van der Waals surface area contributed by atoms with E-state index in [0.717, 1.165) is 39.2 Å². The molecule has 5 rings (SSSR count). The Morgan fingerprint density at radius 2 is 1.64 bits per heavy atom. The highest BCUT2D eigenvalue weighted by atomic mass is 32.2. The SMILES string of the molecule is Cc1ccc(S(=O)(=O)N(CC(=O)N/N=C/c2ccc3c4c(cccc24)CC3)c2cccc(C)c2)cc1. The number of hydrazone groups is 1. The van der Waals surface area contributed by atoms with Crippen LogP contribution in [0.15, 0.2) is 88.9 Å². The minimum Gasteiger partial charge on any atom is -0.271 e. The molecule has 182 valence electrons. The lowest BCUT2D eigenvalue weighted by Gasteiger charge is -2.24. The number of anilines is 1. The molecule has 0 bridgehead atoms. The molecule has 0 aliphatic heterocycles. The second-order valence-corrected chi connectivity index (χ2v) is 11.0. The fraction of sp³-hybridized carbons (Fsp3) is 0.172. The van der Waals surface area contributed by atoms with E-state index >= 15 is 0 Å². The maximum atomic E-state index is 13.5. The number of carbonyl (C=O) groups is 1. The van der Waals surface area contributed by atoms with Crippen molar-refractivity contribution in [2.45, 2.75) is 31.6 Å². The summed E-state index contributed by atoms with van der Waals surface area (Å²) >= 11 is 0. The zero-order valence-corrected chi connectivity index (χ0v) is 21.0. The highest BCUT2D eigenvalue weighted by molar-refractivity contribution is 7.92. The number of nitrogens with one attached hydrogen (secondary N) is 1. The normalized spacial score (nSPS) is 12.8. The van der Waals surface area contributed by atoms with E-state index in [2.05, 4.69) is 28.7 Å². The smallest absolute Gasteiger partial charge is 0.264 e. The first-order valence-electron chi connectivity index (χ1n) is 11.8. The van der Waals surface area contributed by atoms with Gasteiger partial charge in [0.25, 0.3) is 15.9 Å². The van der Waals surface area contributed by atoms with Crippen LogP contribution in [-0.2, 0) is 27.7 Å². The molecule has 0 heterocycles. The number of rotatable bonds is 7. The van der Waals surface area contributed by atoms with Crippen LogP contribution in [-0.4, -0.2) is 27.1 Å². The summed E-state index contributed by atoms with van der Waals surface area (Å²) in [6.45, 7) is 3.37. The molecule has 0 spiro atoms. The summed E-state index contributed by atoms with van der Waals surface area (Å²) in [5, 5.41) is 6.52. The van der Waals surface area contributed by atoms with Crippen LogP contribution in [0.3, 0.4) is 0 Å². The highest BCUT2D eigenvalue weighted by Gasteiger charge is 2.27. The Kier molecular flexibility index (Phi) is 6.33. The Bertz CT molecular complexity index is 1580.